The molecule has 1 amide bonds. The number of nitrogens with one attached hydrogen (secondary N) is 2. The highest BCUT2D eigenvalue weighted by atomic mass is 16.5. The first kappa shape index (κ1) is 12.7. The summed E-state index contributed by atoms with van der Waals surface area (Å²) in [6.07, 6.45) is 2.18. The van der Waals surface area contributed by atoms with Crippen LogP contribution in [0, 0.1) is 6.92 Å². The van der Waals surface area contributed by atoms with Gasteiger partial charge in [-0.1, -0.05) is 10.4 Å². The number of aromatic nitrogens is 5. The summed E-state index contributed by atoms with van der Waals surface area (Å²) in [4.78, 5) is 15.9. The molecule has 9 nitrogen and oxygen atoms in total. The van der Waals surface area contributed by atoms with Gasteiger partial charge in [0, 0.05) is 33.0 Å². The van der Waals surface area contributed by atoms with Crippen LogP contribution in [0.15, 0.2) is 10.7 Å². The Morgan fingerprint density at radius 2 is 2.45 bits per heavy atom. The molecule has 20 heavy (non-hydrogen) atoms. The Kier molecular flexibility index (Phi) is 3.42. The van der Waals surface area contributed by atoms with E-state index < -0.39 is 0 Å². The molecule has 9 heteroatoms. The van der Waals surface area contributed by atoms with Gasteiger partial charge in [0.25, 0.3) is 5.91 Å². The van der Waals surface area contributed by atoms with Crippen LogP contribution in [-0.2, 0) is 6.42 Å². The lowest BCUT2D eigenvalue weighted by Crippen LogP contribution is -2.43. The Morgan fingerprint density at radius 3 is 3.10 bits per heavy atom. The van der Waals surface area contributed by atoms with E-state index in [1.54, 1.807) is 17.8 Å². The summed E-state index contributed by atoms with van der Waals surface area (Å²) in [6.45, 7) is 3.88. The Labute approximate surface area is 114 Å². The zero-order valence-corrected chi connectivity index (χ0v) is 11.0. The van der Waals surface area contributed by atoms with Crippen molar-refractivity contribution in [1.29, 1.82) is 0 Å². The molecule has 2 N–H and O–H groups in total. The van der Waals surface area contributed by atoms with E-state index in [4.69, 9.17) is 4.52 Å². The average molecular weight is 277 g/mol. The number of nitrogens with zero attached hydrogens (tertiary/aromatic N) is 5. The van der Waals surface area contributed by atoms with Crippen molar-refractivity contribution in [2.24, 2.45) is 0 Å². The van der Waals surface area contributed by atoms with E-state index in [-0.39, 0.29) is 5.91 Å². The summed E-state index contributed by atoms with van der Waals surface area (Å²) in [5, 5.41) is 17.5. The Balaban J connectivity index is 1.49. The van der Waals surface area contributed by atoms with Gasteiger partial charge in [-0.2, -0.15) is 4.98 Å². The van der Waals surface area contributed by atoms with Gasteiger partial charge in [-0.15, -0.1) is 5.10 Å². The second-order valence-corrected chi connectivity index (χ2v) is 4.63. The van der Waals surface area contributed by atoms with Crippen molar-refractivity contribution in [1.82, 2.24) is 35.8 Å². The minimum atomic E-state index is -0.247. The van der Waals surface area contributed by atoms with E-state index in [9.17, 15) is 4.79 Å². The molecule has 1 aliphatic heterocycles. The van der Waals surface area contributed by atoms with Gasteiger partial charge in [0.05, 0.1) is 12.2 Å². The zero-order chi connectivity index (χ0) is 13.9. The van der Waals surface area contributed by atoms with Crippen LogP contribution in [-0.4, -0.2) is 50.7 Å². The molecular formula is C11H15N7O2. The van der Waals surface area contributed by atoms with E-state index in [0.29, 0.717) is 36.4 Å². The molecule has 3 heterocycles. The van der Waals surface area contributed by atoms with Crippen molar-refractivity contribution in [2.75, 3.05) is 19.6 Å². The molecule has 106 valence electrons. The first-order valence-corrected chi connectivity index (χ1v) is 6.42. The molecule has 1 fully saturated rings. The minimum Gasteiger partial charge on any atom is -0.350 e. The molecule has 0 unspecified atom stereocenters. The molecule has 0 saturated carbocycles. The lowest BCUT2D eigenvalue weighted by molar-refractivity contribution is 0.0949. The van der Waals surface area contributed by atoms with Gasteiger partial charge < -0.3 is 15.2 Å². The van der Waals surface area contributed by atoms with Crippen molar-refractivity contribution in [2.45, 2.75) is 19.4 Å². The maximum absolute atomic E-state index is 11.9. The maximum atomic E-state index is 11.9. The number of amides is 1. The number of carbonyl (C=O) groups excluding carboxylic acids is 1. The lowest BCUT2D eigenvalue weighted by atomic mass is 10.2. The third-order valence-electron chi connectivity index (χ3n) is 3.08. The van der Waals surface area contributed by atoms with Crippen LogP contribution in [0.3, 0.4) is 0 Å². The van der Waals surface area contributed by atoms with Crippen molar-refractivity contribution in [3.8, 4) is 0 Å². The fourth-order valence-electron chi connectivity index (χ4n) is 1.84. The molecule has 3 rings (SSSR count). The third kappa shape index (κ3) is 2.67. The Morgan fingerprint density at radius 1 is 1.60 bits per heavy atom. The lowest BCUT2D eigenvalue weighted by Gasteiger charge is -2.26. The van der Waals surface area contributed by atoms with Gasteiger partial charge in [-0.3, -0.25) is 4.79 Å². The summed E-state index contributed by atoms with van der Waals surface area (Å²) < 4.78 is 6.57. The summed E-state index contributed by atoms with van der Waals surface area (Å²) in [6, 6.07) is 0.298. The smallest absolute Gasteiger partial charge is 0.273 e. The van der Waals surface area contributed by atoms with Crippen LogP contribution in [0.25, 0.3) is 0 Å². The van der Waals surface area contributed by atoms with Crippen LogP contribution < -0.4 is 10.6 Å². The molecule has 0 radical (unpaired) electrons. The monoisotopic (exact) mass is 277 g/mol. The summed E-state index contributed by atoms with van der Waals surface area (Å²) >= 11 is 0. The topological polar surface area (TPSA) is 111 Å². The summed E-state index contributed by atoms with van der Waals surface area (Å²) in [7, 11) is 0. The third-order valence-corrected chi connectivity index (χ3v) is 3.08. The van der Waals surface area contributed by atoms with Gasteiger partial charge in [-0.25, -0.2) is 4.68 Å². The largest absolute Gasteiger partial charge is 0.350 e. The van der Waals surface area contributed by atoms with Gasteiger partial charge in [-0.05, 0) is 0 Å². The van der Waals surface area contributed by atoms with Gasteiger partial charge in [0.1, 0.15) is 0 Å². The second-order valence-electron chi connectivity index (χ2n) is 4.63. The SMILES string of the molecule is Cc1nc(CCNC(=O)c2cn(C3CNC3)nn2)no1. The highest BCUT2D eigenvalue weighted by molar-refractivity contribution is 5.91. The molecule has 1 saturated heterocycles. The molecule has 0 spiro atoms. The van der Waals surface area contributed by atoms with Crippen molar-refractivity contribution >= 4 is 5.91 Å². The van der Waals surface area contributed by atoms with Crippen LogP contribution in [0.2, 0.25) is 0 Å². The molecule has 2 aromatic rings. The maximum Gasteiger partial charge on any atom is 0.273 e. The molecule has 1 aliphatic rings. The average Bonchev–Trinajstić information content (AvgIpc) is 2.97. The predicted octanol–water partition coefficient (Wildman–Crippen LogP) is -0.914. The standard InChI is InChI=1S/C11H15N7O2/c1-7-14-10(16-20-7)2-3-13-11(19)9-6-18(17-15-9)8-4-12-5-8/h6,8,12H,2-5H2,1H3,(H,13,19). The predicted molar refractivity (Wildman–Crippen MR) is 67.0 cm³/mol. The summed E-state index contributed by atoms with van der Waals surface area (Å²) in [5.74, 6) is 0.846. The van der Waals surface area contributed by atoms with Crippen molar-refractivity contribution in [3.05, 3.63) is 23.6 Å². The quantitative estimate of drug-likeness (QED) is 0.727. The van der Waals surface area contributed by atoms with Crippen LogP contribution in [0.1, 0.15) is 28.2 Å². The van der Waals surface area contributed by atoms with Gasteiger partial charge >= 0.3 is 0 Å². The highest BCUT2D eigenvalue weighted by Crippen LogP contribution is 2.09. The van der Waals surface area contributed by atoms with Crippen molar-refractivity contribution < 1.29 is 9.32 Å². The molecular weight excluding hydrogens is 262 g/mol. The minimum absolute atomic E-state index is 0.247. The zero-order valence-electron chi connectivity index (χ0n) is 11.0. The fraction of sp³-hybridized carbons (Fsp3) is 0.545. The van der Waals surface area contributed by atoms with Gasteiger partial charge in [0.2, 0.25) is 5.89 Å². The number of rotatable bonds is 5. The van der Waals surface area contributed by atoms with Crippen LogP contribution >= 0.6 is 0 Å². The van der Waals surface area contributed by atoms with E-state index in [1.165, 1.54) is 0 Å². The molecule has 0 bridgehead atoms. The molecule has 0 aliphatic carbocycles. The number of aryl methyl sites for hydroxylation is 1. The Bertz CT molecular complexity index is 601. The number of carbonyl (C=O) groups is 1. The molecule has 2 aromatic heterocycles. The van der Waals surface area contributed by atoms with Crippen molar-refractivity contribution in [3.63, 3.8) is 0 Å². The number of hydrogen-bond donors (Lipinski definition) is 2. The number of hydrogen-bond acceptors (Lipinski definition) is 7. The van der Waals surface area contributed by atoms with Gasteiger partial charge in [0.15, 0.2) is 11.5 Å². The van der Waals surface area contributed by atoms with Crippen LogP contribution in [0.4, 0.5) is 0 Å². The normalized spacial score (nSPS) is 15.1. The second kappa shape index (κ2) is 5.37. The summed E-state index contributed by atoms with van der Waals surface area (Å²) in [5.41, 5.74) is 0.321. The molecule has 0 aromatic carbocycles. The Hall–Kier alpha value is -2.29. The van der Waals surface area contributed by atoms with E-state index in [0.717, 1.165) is 13.1 Å². The fourth-order valence-corrected chi connectivity index (χ4v) is 1.84. The van der Waals surface area contributed by atoms with Crippen LogP contribution in [0.5, 0.6) is 0 Å². The van der Waals surface area contributed by atoms with E-state index in [2.05, 4.69) is 31.1 Å². The highest BCUT2D eigenvalue weighted by Gasteiger charge is 2.21. The van der Waals surface area contributed by atoms with E-state index >= 15 is 0 Å². The molecule has 0 atom stereocenters. The first-order chi connectivity index (χ1) is 9.72. The first-order valence-electron chi connectivity index (χ1n) is 6.42. The van der Waals surface area contributed by atoms with E-state index in [1.807, 2.05) is 0 Å².